The van der Waals surface area contributed by atoms with Crippen LogP contribution >= 0.6 is 0 Å². The van der Waals surface area contributed by atoms with Crippen molar-refractivity contribution in [2.24, 2.45) is 0 Å². The lowest BCUT2D eigenvalue weighted by molar-refractivity contribution is -0.0885. The Labute approximate surface area is 109 Å². The number of nitrogens with one attached hydrogen (secondary N) is 1. The molecule has 0 aromatic carbocycles. The summed E-state index contributed by atoms with van der Waals surface area (Å²) in [5.41, 5.74) is 1.07. The monoisotopic (exact) mass is 249 g/mol. The van der Waals surface area contributed by atoms with Crippen LogP contribution in [0.4, 0.5) is 5.82 Å². The summed E-state index contributed by atoms with van der Waals surface area (Å²) < 4.78 is 5.72. The van der Waals surface area contributed by atoms with Gasteiger partial charge in [-0.05, 0) is 32.9 Å². The maximum atomic E-state index is 5.72. The van der Waals surface area contributed by atoms with E-state index in [0.717, 1.165) is 44.3 Å². The van der Waals surface area contributed by atoms with Gasteiger partial charge in [-0.3, -0.25) is 4.90 Å². The Morgan fingerprint density at radius 3 is 3.00 bits per heavy atom. The summed E-state index contributed by atoms with van der Waals surface area (Å²) in [5.74, 6) is 0.961. The van der Waals surface area contributed by atoms with Crippen molar-refractivity contribution < 1.29 is 4.74 Å². The zero-order valence-electron chi connectivity index (χ0n) is 11.6. The highest BCUT2D eigenvalue weighted by molar-refractivity contribution is 5.34. The maximum absolute atomic E-state index is 5.72. The molecule has 0 atom stereocenters. The first-order valence-corrected chi connectivity index (χ1v) is 6.65. The minimum atomic E-state index is -0.0441. The molecule has 1 saturated heterocycles. The van der Waals surface area contributed by atoms with Gasteiger partial charge in [0.15, 0.2) is 0 Å². The number of aromatic nitrogens is 1. The van der Waals surface area contributed by atoms with Gasteiger partial charge in [-0.25, -0.2) is 4.98 Å². The molecule has 0 bridgehead atoms. The van der Waals surface area contributed by atoms with Crippen LogP contribution in [0, 0.1) is 0 Å². The first-order chi connectivity index (χ1) is 8.59. The largest absolute Gasteiger partial charge is 0.373 e. The summed E-state index contributed by atoms with van der Waals surface area (Å²) in [5, 5.41) is 3.25. The van der Waals surface area contributed by atoms with Gasteiger partial charge in [0.05, 0.1) is 17.9 Å². The third kappa shape index (κ3) is 3.68. The van der Waals surface area contributed by atoms with Crippen LogP contribution in [-0.2, 0) is 11.3 Å². The number of pyridine rings is 1. The van der Waals surface area contributed by atoms with E-state index >= 15 is 0 Å². The number of hydrogen-bond donors (Lipinski definition) is 1. The van der Waals surface area contributed by atoms with Gasteiger partial charge in [0.2, 0.25) is 0 Å². The van der Waals surface area contributed by atoms with Crippen LogP contribution in [0.1, 0.15) is 26.5 Å². The average Bonchev–Trinajstić information content (AvgIpc) is 2.28. The molecule has 0 saturated carbocycles. The van der Waals surface area contributed by atoms with Gasteiger partial charge in [-0.15, -0.1) is 0 Å². The van der Waals surface area contributed by atoms with Gasteiger partial charge in [0.25, 0.3) is 0 Å². The molecule has 18 heavy (non-hydrogen) atoms. The first kappa shape index (κ1) is 13.3. The van der Waals surface area contributed by atoms with Crippen LogP contribution < -0.4 is 5.32 Å². The predicted molar refractivity (Wildman–Crippen MR) is 73.7 cm³/mol. The molecule has 2 heterocycles. The molecule has 1 N–H and O–H groups in total. The molecule has 0 amide bonds. The van der Waals surface area contributed by atoms with E-state index in [0.29, 0.717) is 0 Å². The molecule has 0 spiro atoms. The molecule has 1 aliphatic rings. The minimum absolute atomic E-state index is 0.0441. The topological polar surface area (TPSA) is 37.4 Å². The lowest BCUT2D eigenvalue weighted by Gasteiger charge is -2.38. The lowest BCUT2D eigenvalue weighted by Crippen LogP contribution is -2.47. The highest BCUT2D eigenvalue weighted by atomic mass is 16.5. The Kier molecular flexibility index (Phi) is 4.19. The van der Waals surface area contributed by atoms with Gasteiger partial charge >= 0.3 is 0 Å². The average molecular weight is 249 g/mol. The summed E-state index contributed by atoms with van der Waals surface area (Å²) in [6.07, 6.45) is 0. The molecule has 2 rings (SSSR count). The maximum Gasteiger partial charge on any atom is 0.126 e. The summed E-state index contributed by atoms with van der Waals surface area (Å²) in [6, 6.07) is 6.16. The van der Waals surface area contributed by atoms with Crippen molar-refractivity contribution in [2.75, 3.05) is 31.6 Å². The van der Waals surface area contributed by atoms with Crippen molar-refractivity contribution in [1.29, 1.82) is 0 Å². The SMILES string of the molecule is CCNc1cccc(CN2CCOC(C)(C)C2)n1. The van der Waals surface area contributed by atoms with E-state index in [1.165, 1.54) is 0 Å². The second-order valence-corrected chi connectivity index (χ2v) is 5.36. The quantitative estimate of drug-likeness (QED) is 0.887. The Balaban J connectivity index is 1.98. The number of anilines is 1. The molecule has 1 aromatic heterocycles. The van der Waals surface area contributed by atoms with Gasteiger partial charge in [-0.1, -0.05) is 6.07 Å². The zero-order valence-corrected chi connectivity index (χ0v) is 11.6. The fourth-order valence-electron chi connectivity index (χ4n) is 2.33. The van der Waals surface area contributed by atoms with E-state index in [-0.39, 0.29) is 5.60 Å². The second-order valence-electron chi connectivity index (χ2n) is 5.36. The Morgan fingerprint density at radius 1 is 1.44 bits per heavy atom. The van der Waals surface area contributed by atoms with Crippen LogP contribution in [0.25, 0.3) is 0 Å². The van der Waals surface area contributed by atoms with E-state index < -0.39 is 0 Å². The fourth-order valence-corrected chi connectivity index (χ4v) is 2.33. The smallest absolute Gasteiger partial charge is 0.126 e. The van der Waals surface area contributed by atoms with Crippen LogP contribution in [0.3, 0.4) is 0 Å². The van der Waals surface area contributed by atoms with E-state index in [9.17, 15) is 0 Å². The predicted octanol–water partition coefficient (Wildman–Crippen LogP) is 2.12. The highest BCUT2D eigenvalue weighted by Crippen LogP contribution is 2.18. The molecule has 1 fully saturated rings. The Bertz CT molecular complexity index is 392. The van der Waals surface area contributed by atoms with Crippen LogP contribution in [0.2, 0.25) is 0 Å². The molecule has 0 unspecified atom stereocenters. The number of nitrogens with zero attached hydrogens (tertiary/aromatic N) is 2. The minimum Gasteiger partial charge on any atom is -0.373 e. The molecular formula is C14H23N3O. The van der Waals surface area contributed by atoms with Crippen LogP contribution in [-0.4, -0.2) is 41.7 Å². The standard InChI is InChI=1S/C14H23N3O/c1-4-15-13-7-5-6-12(16-13)10-17-8-9-18-14(2,3)11-17/h5-7H,4,8-11H2,1-3H3,(H,15,16). The van der Waals surface area contributed by atoms with Crippen LogP contribution in [0.15, 0.2) is 18.2 Å². The molecule has 0 aliphatic carbocycles. The molecule has 1 aromatic rings. The van der Waals surface area contributed by atoms with Gasteiger partial charge in [-0.2, -0.15) is 0 Å². The second kappa shape index (κ2) is 5.67. The number of rotatable bonds is 4. The van der Waals surface area contributed by atoms with Crippen molar-refractivity contribution in [3.8, 4) is 0 Å². The summed E-state index contributed by atoms with van der Waals surface area (Å²) in [7, 11) is 0. The first-order valence-electron chi connectivity index (χ1n) is 6.65. The van der Waals surface area contributed by atoms with Crippen molar-refractivity contribution in [1.82, 2.24) is 9.88 Å². The summed E-state index contributed by atoms with van der Waals surface area (Å²) in [4.78, 5) is 7.02. The van der Waals surface area contributed by atoms with E-state index in [2.05, 4.69) is 48.1 Å². The molecular weight excluding hydrogens is 226 g/mol. The third-order valence-corrected chi connectivity index (χ3v) is 3.05. The van der Waals surface area contributed by atoms with Gasteiger partial charge < -0.3 is 10.1 Å². The lowest BCUT2D eigenvalue weighted by atomic mass is 10.1. The normalized spacial score (nSPS) is 19.7. The molecule has 100 valence electrons. The third-order valence-electron chi connectivity index (χ3n) is 3.05. The number of ether oxygens (including phenoxy) is 1. The van der Waals surface area contributed by atoms with Gasteiger partial charge in [0, 0.05) is 26.2 Å². The molecule has 4 heteroatoms. The van der Waals surface area contributed by atoms with Crippen LogP contribution in [0.5, 0.6) is 0 Å². The van der Waals surface area contributed by atoms with Crippen molar-refractivity contribution in [3.63, 3.8) is 0 Å². The Morgan fingerprint density at radius 2 is 2.28 bits per heavy atom. The van der Waals surface area contributed by atoms with Crippen molar-refractivity contribution in [3.05, 3.63) is 23.9 Å². The number of morpholine rings is 1. The fraction of sp³-hybridized carbons (Fsp3) is 0.643. The van der Waals surface area contributed by atoms with E-state index in [4.69, 9.17) is 4.74 Å². The summed E-state index contributed by atoms with van der Waals surface area (Å²) in [6.45, 7) is 10.9. The van der Waals surface area contributed by atoms with Crippen molar-refractivity contribution in [2.45, 2.75) is 32.9 Å². The van der Waals surface area contributed by atoms with E-state index in [1.807, 2.05) is 6.07 Å². The zero-order chi connectivity index (χ0) is 13.0. The molecule has 1 aliphatic heterocycles. The van der Waals surface area contributed by atoms with Crippen molar-refractivity contribution >= 4 is 5.82 Å². The Hall–Kier alpha value is -1.13. The number of hydrogen-bond acceptors (Lipinski definition) is 4. The molecule has 0 radical (unpaired) electrons. The molecule has 4 nitrogen and oxygen atoms in total. The highest BCUT2D eigenvalue weighted by Gasteiger charge is 2.27. The summed E-state index contributed by atoms with van der Waals surface area (Å²) >= 11 is 0. The van der Waals surface area contributed by atoms with E-state index in [1.54, 1.807) is 0 Å². The van der Waals surface area contributed by atoms with Gasteiger partial charge in [0.1, 0.15) is 5.82 Å².